The molecule has 0 saturated heterocycles. The van der Waals surface area contributed by atoms with Crippen LogP contribution in [0.25, 0.3) is 0 Å². The lowest BCUT2D eigenvalue weighted by Crippen LogP contribution is -2.45. The number of hydrogen-bond donors (Lipinski definition) is 1. The zero-order valence-electron chi connectivity index (χ0n) is 17.7. The number of ether oxygens (including phenoxy) is 4. The highest BCUT2D eigenvalue weighted by atomic mass is 16.5. The van der Waals surface area contributed by atoms with Gasteiger partial charge in [-0.2, -0.15) is 0 Å². The molecule has 2 aromatic carbocycles. The highest BCUT2D eigenvalue weighted by molar-refractivity contribution is 5.81. The van der Waals surface area contributed by atoms with Crippen molar-refractivity contribution in [2.24, 2.45) is 0 Å². The van der Waals surface area contributed by atoms with E-state index in [9.17, 15) is 4.79 Å². The number of carbonyl (C=O) groups excluding carboxylic acids is 1. The van der Waals surface area contributed by atoms with Crippen molar-refractivity contribution < 1.29 is 23.7 Å². The van der Waals surface area contributed by atoms with Crippen LogP contribution in [0.5, 0.6) is 23.0 Å². The summed E-state index contributed by atoms with van der Waals surface area (Å²) >= 11 is 0. The van der Waals surface area contributed by atoms with Crippen molar-refractivity contribution in [2.75, 3.05) is 14.2 Å². The largest absolute Gasteiger partial charge is 0.497 e. The van der Waals surface area contributed by atoms with Gasteiger partial charge in [-0.05, 0) is 50.6 Å². The van der Waals surface area contributed by atoms with Gasteiger partial charge in [0.1, 0.15) is 28.6 Å². The number of rotatable bonds is 7. The van der Waals surface area contributed by atoms with Crippen molar-refractivity contribution in [3.05, 3.63) is 48.0 Å². The first-order valence-electron chi connectivity index (χ1n) is 9.83. The van der Waals surface area contributed by atoms with Crippen molar-refractivity contribution in [3.8, 4) is 23.0 Å². The third kappa shape index (κ3) is 4.94. The van der Waals surface area contributed by atoms with Crippen molar-refractivity contribution in [1.29, 1.82) is 0 Å². The van der Waals surface area contributed by atoms with Gasteiger partial charge in [-0.25, -0.2) is 0 Å². The SMILES string of the molecule is CC[C@H](Oc1cccc(OC)c1)C(=O)N[C@H]1CC(C)(C)Oc2ccc(OC)cc21. The molecule has 1 heterocycles. The molecule has 0 saturated carbocycles. The van der Waals surface area contributed by atoms with Crippen LogP contribution in [0.15, 0.2) is 42.5 Å². The highest BCUT2D eigenvalue weighted by Gasteiger charge is 2.36. The second kappa shape index (κ2) is 8.64. The fraction of sp³-hybridized carbons (Fsp3) is 0.435. The molecule has 29 heavy (non-hydrogen) atoms. The first-order valence-corrected chi connectivity index (χ1v) is 9.83. The Morgan fingerprint density at radius 1 is 1.14 bits per heavy atom. The maximum absolute atomic E-state index is 13.0. The van der Waals surface area contributed by atoms with E-state index < -0.39 is 11.7 Å². The number of benzene rings is 2. The van der Waals surface area contributed by atoms with E-state index in [2.05, 4.69) is 5.32 Å². The van der Waals surface area contributed by atoms with E-state index in [0.717, 1.165) is 17.1 Å². The average Bonchev–Trinajstić information content (AvgIpc) is 2.71. The molecule has 2 aromatic rings. The Bertz CT molecular complexity index is 864. The lowest BCUT2D eigenvalue weighted by atomic mass is 9.89. The molecule has 1 aliphatic rings. The third-order valence-electron chi connectivity index (χ3n) is 4.97. The van der Waals surface area contributed by atoms with Crippen LogP contribution >= 0.6 is 0 Å². The topological polar surface area (TPSA) is 66.0 Å². The summed E-state index contributed by atoms with van der Waals surface area (Å²) in [7, 11) is 3.22. The summed E-state index contributed by atoms with van der Waals surface area (Å²) in [4.78, 5) is 13.0. The van der Waals surface area contributed by atoms with Gasteiger partial charge >= 0.3 is 0 Å². The molecule has 0 aromatic heterocycles. The quantitative estimate of drug-likeness (QED) is 0.753. The number of methoxy groups -OCH3 is 2. The molecule has 0 bridgehead atoms. The number of hydrogen-bond acceptors (Lipinski definition) is 5. The molecule has 0 aliphatic carbocycles. The van der Waals surface area contributed by atoms with E-state index in [1.54, 1.807) is 20.3 Å². The number of nitrogens with one attached hydrogen (secondary N) is 1. The van der Waals surface area contributed by atoms with Crippen molar-refractivity contribution in [1.82, 2.24) is 5.32 Å². The van der Waals surface area contributed by atoms with Crippen LogP contribution in [0.4, 0.5) is 0 Å². The normalized spacial score (nSPS) is 18.0. The summed E-state index contributed by atoms with van der Waals surface area (Å²) in [5.41, 5.74) is 0.516. The minimum atomic E-state index is -0.609. The lowest BCUT2D eigenvalue weighted by molar-refractivity contribution is -0.129. The Morgan fingerprint density at radius 3 is 2.52 bits per heavy atom. The second-order valence-corrected chi connectivity index (χ2v) is 7.72. The summed E-state index contributed by atoms with van der Waals surface area (Å²) in [5, 5.41) is 3.15. The molecule has 1 N–H and O–H groups in total. The predicted octanol–water partition coefficient (Wildman–Crippen LogP) is 4.28. The van der Waals surface area contributed by atoms with E-state index in [0.29, 0.717) is 24.3 Å². The molecular formula is C23H29NO5. The molecule has 1 aliphatic heterocycles. The summed E-state index contributed by atoms with van der Waals surface area (Å²) in [5.74, 6) is 2.61. The van der Waals surface area contributed by atoms with Gasteiger partial charge in [-0.1, -0.05) is 13.0 Å². The fourth-order valence-corrected chi connectivity index (χ4v) is 3.51. The van der Waals surface area contributed by atoms with Crippen LogP contribution < -0.4 is 24.3 Å². The molecule has 0 unspecified atom stereocenters. The summed E-state index contributed by atoms with van der Waals surface area (Å²) < 4.78 is 22.6. The fourth-order valence-electron chi connectivity index (χ4n) is 3.51. The van der Waals surface area contributed by atoms with Crippen LogP contribution in [-0.4, -0.2) is 31.8 Å². The molecule has 6 nitrogen and oxygen atoms in total. The van der Waals surface area contributed by atoms with Crippen LogP contribution in [-0.2, 0) is 4.79 Å². The van der Waals surface area contributed by atoms with Crippen LogP contribution in [0.2, 0.25) is 0 Å². The van der Waals surface area contributed by atoms with Gasteiger partial charge in [0, 0.05) is 18.1 Å². The molecule has 0 spiro atoms. The van der Waals surface area contributed by atoms with Gasteiger partial charge in [0.15, 0.2) is 6.10 Å². The van der Waals surface area contributed by atoms with Gasteiger partial charge in [-0.3, -0.25) is 4.79 Å². The molecule has 2 atom stereocenters. The summed E-state index contributed by atoms with van der Waals surface area (Å²) in [6.45, 7) is 5.96. The maximum atomic E-state index is 13.0. The zero-order chi connectivity index (χ0) is 21.0. The van der Waals surface area contributed by atoms with E-state index >= 15 is 0 Å². The van der Waals surface area contributed by atoms with E-state index in [1.807, 2.05) is 57.2 Å². The molecule has 6 heteroatoms. The molecule has 1 amide bonds. The van der Waals surface area contributed by atoms with Crippen LogP contribution in [0.1, 0.15) is 45.2 Å². The molecular weight excluding hydrogens is 370 g/mol. The Kier molecular flexibility index (Phi) is 6.20. The molecule has 0 radical (unpaired) electrons. The first-order chi connectivity index (χ1) is 13.8. The Labute approximate surface area is 172 Å². The highest BCUT2D eigenvalue weighted by Crippen LogP contribution is 2.41. The second-order valence-electron chi connectivity index (χ2n) is 7.72. The van der Waals surface area contributed by atoms with Gasteiger partial charge in [0.25, 0.3) is 5.91 Å². The summed E-state index contributed by atoms with van der Waals surface area (Å²) in [6, 6.07) is 12.7. The van der Waals surface area contributed by atoms with Crippen molar-refractivity contribution >= 4 is 5.91 Å². The number of carbonyl (C=O) groups is 1. The smallest absolute Gasteiger partial charge is 0.261 e. The van der Waals surface area contributed by atoms with Crippen LogP contribution in [0.3, 0.4) is 0 Å². The monoisotopic (exact) mass is 399 g/mol. The average molecular weight is 399 g/mol. The summed E-state index contributed by atoms with van der Waals surface area (Å²) in [6.07, 6.45) is 0.580. The Hall–Kier alpha value is -2.89. The number of fused-ring (bicyclic) bond motifs is 1. The molecule has 3 rings (SSSR count). The zero-order valence-corrected chi connectivity index (χ0v) is 17.7. The predicted molar refractivity (Wildman–Crippen MR) is 111 cm³/mol. The van der Waals surface area contributed by atoms with E-state index in [1.165, 1.54) is 0 Å². The lowest BCUT2D eigenvalue weighted by Gasteiger charge is -2.38. The van der Waals surface area contributed by atoms with Crippen LogP contribution in [0, 0.1) is 0 Å². The van der Waals surface area contributed by atoms with Gasteiger partial charge in [-0.15, -0.1) is 0 Å². The standard InChI is InChI=1S/C23H29NO5/c1-6-20(28-17-9-7-8-15(12-17)26-4)22(25)24-19-14-23(2,3)29-21-11-10-16(27-5)13-18(19)21/h7-13,19-20H,6,14H2,1-5H3,(H,24,25)/t19-,20-/m0/s1. The maximum Gasteiger partial charge on any atom is 0.261 e. The molecule has 0 fully saturated rings. The molecule has 156 valence electrons. The minimum Gasteiger partial charge on any atom is -0.497 e. The van der Waals surface area contributed by atoms with Crippen molar-refractivity contribution in [3.63, 3.8) is 0 Å². The third-order valence-corrected chi connectivity index (χ3v) is 4.97. The van der Waals surface area contributed by atoms with Gasteiger partial charge in [0.05, 0.1) is 20.3 Å². The van der Waals surface area contributed by atoms with Gasteiger partial charge < -0.3 is 24.3 Å². The minimum absolute atomic E-state index is 0.160. The van der Waals surface area contributed by atoms with E-state index in [4.69, 9.17) is 18.9 Å². The van der Waals surface area contributed by atoms with E-state index in [-0.39, 0.29) is 11.9 Å². The Balaban J connectivity index is 1.79. The van der Waals surface area contributed by atoms with Gasteiger partial charge in [0.2, 0.25) is 0 Å². The first kappa shape index (κ1) is 20.8. The Morgan fingerprint density at radius 2 is 1.83 bits per heavy atom. The number of amides is 1. The van der Waals surface area contributed by atoms with Crippen molar-refractivity contribution in [2.45, 2.75) is 51.4 Å².